The molecule has 2 aliphatic rings. The molecule has 6 heteroatoms. The van der Waals surface area contributed by atoms with E-state index in [9.17, 15) is 9.18 Å². The fourth-order valence-electron chi connectivity index (χ4n) is 3.31. The molecule has 2 aromatic carbocycles. The summed E-state index contributed by atoms with van der Waals surface area (Å²) in [6.07, 6.45) is -0.691. The molecule has 0 aliphatic carbocycles. The molecule has 130 valence electrons. The largest absolute Gasteiger partial charge is 0.485 e. The molecule has 2 aromatic rings. The summed E-state index contributed by atoms with van der Waals surface area (Å²) in [5, 5.41) is 3.27. The number of benzene rings is 2. The van der Waals surface area contributed by atoms with E-state index in [0.717, 1.165) is 5.56 Å². The number of amides is 1. The van der Waals surface area contributed by atoms with Crippen molar-refractivity contribution in [2.45, 2.75) is 12.1 Å². The first-order chi connectivity index (χ1) is 12.2. The van der Waals surface area contributed by atoms with E-state index in [2.05, 4.69) is 5.32 Å². The van der Waals surface area contributed by atoms with Crippen LogP contribution in [-0.2, 0) is 4.79 Å². The number of piperazine rings is 1. The number of fused-ring (bicyclic) bond motifs is 1. The first-order valence-electron chi connectivity index (χ1n) is 8.37. The SMILES string of the molecule is O=C(C1COc2ccccc2O1)N1CCNCC1c1cccc(F)c1. The molecule has 1 amide bonds. The highest BCUT2D eigenvalue weighted by molar-refractivity contribution is 5.82. The van der Waals surface area contributed by atoms with E-state index in [4.69, 9.17) is 9.47 Å². The molecule has 0 aromatic heterocycles. The third-order valence-electron chi connectivity index (χ3n) is 4.54. The number of hydrogen-bond acceptors (Lipinski definition) is 4. The molecular weight excluding hydrogens is 323 g/mol. The number of carbonyl (C=O) groups is 1. The number of nitrogens with zero attached hydrogens (tertiary/aromatic N) is 1. The standard InChI is InChI=1S/C19H19FN2O3/c20-14-5-3-4-13(10-14)15-11-21-8-9-22(15)19(23)18-12-24-16-6-1-2-7-17(16)25-18/h1-7,10,15,18,21H,8-9,11-12H2. The van der Waals surface area contributed by atoms with Crippen molar-refractivity contribution < 1.29 is 18.7 Å². The van der Waals surface area contributed by atoms with Gasteiger partial charge in [0.25, 0.3) is 5.91 Å². The van der Waals surface area contributed by atoms with Crippen LogP contribution in [0.3, 0.4) is 0 Å². The van der Waals surface area contributed by atoms with Gasteiger partial charge < -0.3 is 19.7 Å². The van der Waals surface area contributed by atoms with Crippen LogP contribution in [0.15, 0.2) is 48.5 Å². The minimum absolute atomic E-state index is 0.134. The molecule has 2 aliphatic heterocycles. The van der Waals surface area contributed by atoms with Crippen LogP contribution < -0.4 is 14.8 Å². The van der Waals surface area contributed by atoms with Crippen molar-refractivity contribution in [3.63, 3.8) is 0 Å². The maximum absolute atomic E-state index is 13.6. The third kappa shape index (κ3) is 3.17. The van der Waals surface area contributed by atoms with E-state index >= 15 is 0 Å². The van der Waals surface area contributed by atoms with Crippen LogP contribution >= 0.6 is 0 Å². The third-order valence-corrected chi connectivity index (χ3v) is 4.54. The Morgan fingerprint density at radius 3 is 2.84 bits per heavy atom. The van der Waals surface area contributed by atoms with Crippen LogP contribution in [0.4, 0.5) is 4.39 Å². The number of hydrogen-bond donors (Lipinski definition) is 1. The molecular formula is C19H19FN2O3. The monoisotopic (exact) mass is 342 g/mol. The minimum Gasteiger partial charge on any atom is -0.485 e. The Labute approximate surface area is 145 Å². The first-order valence-corrected chi connectivity index (χ1v) is 8.37. The van der Waals surface area contributed by atoms with E-state index in [-0.39, 0.29) is 24.4 Å². The molecule has 0 spiro atoms. The normalized spacial score (nSPS) is 22.5. The fraction of sp³-hybridized carbons (Fsp3) is 0.316. The van der Waals surface area contributed by atoms with Gasteiger partial charge in [-0.2, -0.15) is 0 Å². The van der Waals surface area contributed by atoms with Gasteiger partial charge >= 0.3 is 0 Å². The predicted octanol–water partition coefficient (Wildman–Crippen LogP) is 2.14. The second-order valence-electron chi connectivity index (χ2n) is 6.17. The van der Waals surface area contributed by atoms with Crippen LogP contribution in [0.5, 0.6) is 11.5 Å². The van der Waals surface area contributed by atoms with Crippen molar-refractivity contribution in [3.8, 4) is 11.5 Å². The van der Waals surface area contributed by atoms with Crippen LogP contribution in [0.25, 0.3) is 0 Å². The average molecular weight is 342 g/mol. The fourth-order valence-corrected chi connectivity index (χ4v) is 3.31. The summed E-state index contributed by atoms with van der Waals surface area (Å²) in [7, 11) is 0. The molecule has 2 unspecified atom stereocenters. The lowest BCUT2D eigenvalue weighted by Crippen LogP contribution is -2.54. The number of carbonyl (C=O) groups excluding carboxylic acids is 1. The lowest BCUT2D eigenvalue weighted by Gasteiger charge is -2.39. The van der Waals surface area contributed by atoms with Gasteiger partial charge in [0, 0.05) is 19.6 Å². The van der Waals surface area contributed by atoms with Crippen molar-refractivity contribution >= 4 is 5.91 Å². The van der Waals surface area contributed by atoms with E-state index in [0.29, 0.717) is 31.1 Å². The molecule has 1 N–H and O–H groups in total. The zero-order chi connectivity index (χ0) is 17.2. The zero-order valence-electron chi connectivity index (χ0n) is 13.7. The van der Waals surface area contributed by atoms with Crippen molar-refractivity contribution in [1.82, 2.24) is 10.2 Å². The average Bonchev–Trinajstić information content (AvgIpc) is 2.67. The summed E-state index contributed by atoms with van der Waals surface area (Å²) < 4.78 is 25.1. The van der Waals surface area contributed by atoms with Gasteiger partial charge in [0.1, 0.15) is 12.4 Å². The van der Waals surface area contributed by atoms with Gasteiger partial charge in [0.05, 0.1) is 6.04 Å². The molecule has 0 saturated carbocycles. The Morgan fingerprint density at radius 2 is 2.00 bits per heavy atom. The Morgan fingerprint density at radius 1 is 1.16 bits per heavy atom. The molecule has 1 fully saturated rings. The van der Waals surface area contributed by atoms with E-state index in [1.54, 1.807) is 17.0 Å². The summed E-state index contributed by atoms with van der Waals surface area (Å²) in [4.78, 5) is 14.8. The smallest absolute Gasteiger partial charge is 0.267 e. The van der Waals surface area contributed by atoms with Crippen molar-refractivity contribution in [2.24, 2.45) is 0 Å². The first kappa shape index (κ1) is 15.9. The van der Waals surface area contributed by atoms with E-state index in [1.807, 2.05) is 24.3 Å². The van der Waals surface area contributed by atoms with Gasteiger partial charge in [-0.05, 0) is 29.8 Å². The van der Waals surface area contributed by atoms with Crippen molar-refractivity contribution in [3.05, 3.63) is 59.9 Å². The molecule has 0 bridgehead atoms. The van der Waals surface area contributed by atoms with Crippen molar-refractivity contribution in [1.29, 1.82) is 0 Å². The van der Waals surface area contributed by atoms with Crippen molar-refractivity contribution in [2.75, 3.05) is 26.2 Å². The summed E-state index contributed by atoms with van der Waals surface area (Å²) >= 11 is 0. The van der Waals surface area contributed by atoms with Gasteiger partial charge in [-0.3, -0.25) is 4.79 Å². The second-order valence-corrected chi connectivity index (χ2v) is 6.17. The lowest BCUT2D eigenvalue weighted by molar-refractivity contribution is -0.144. The Hall–Kier alpha value is -2.60. The van der Waals surface area contributed by atoms with Gasteiger partial charge in [0.2, 0.25) is 6.10 Å². The van der Waals surface area contributed by atoms with Gasteiger partial charge in [-0.1, -0.05) is 24.3 Å². The molecule has 2 atom stereocenters. The Balaban J connectivity index is 1.56. The highest BCUT2D eigenvalue weighted by atomic mass is 19.1. The van der Waals surface area contributed by atoms with Crippen LogP contribution in [-0.4, -0.2) is 43.2 Å². The highest BCUT2D eigenvalue weighted by Gasteiger charge is 2.36. The Kier molecular flexibility index (Phi) is 4.28. The topological polar surface area (TPSA) is 50.8 Å². The van der Waals surface area contributed by atoms with Crippen LogP contribution in [0.1, 0.15) is 11.6 Å². The summed E-state index contributed by atoms with van der Waals surface area (Å²) in [6, 6.07) is 13.5. The molecule has 1 saturated heterocycles. The van der Waals surface area contributed by atoms with Gasteiger partial charge in [0.15, 0.2) is 11.5 Å². The maximum atomic E-state index is 13.6. The highest BCUT2D eigenvalue weighted by Crippen LogP contribution is 2.32. The Bertz CT molecular complexity index is 783. The molecule has 25 heavy (non-hydrogen) atoms. The molecule has 4 rings (SSSR count). The lowest BCUT2D eigenvalue weighted by atomic mass is 10.0. The second kappa shape index (κ2) is 6.72. The maximum Gasteiger partial charge on any atom is 0.267 e. The molecule has 2 heterocycles. The molecule has 0 radical (unpaired) electrons. The zero-order valence-corrected chi connectivity index (χ0v) is 13.7. The summed E-state index contributed by atoms with van der Waals surface area (Å²) in [5.74, 6) is 0.782. The van der Waals surface area contributed by atoms with Gasteiger partial charge in [-0.15, -0.1) is 0 Å². The number of ether oxygens (including phenoxy) is 2. The quantitative estimate of drug-likeness (QED) is 0.909. The number of rotatable bonds is 2. The predicted molar refractivity (Wildman–Crippen MR) is 90.1 cm³/mol. The number of nitrogens with one attached hydrogen (secondary N) is 1. The number of halogens is 1. The minimum atomic E-state index is -0.691. The van der Waals surface area contributed by atoms with E-state index < -0.39 is 6.10 Å². The number of para-hydroxylation sites is 2. The summed E-state index contributed by atoms with van der Waals surface area (Å²) in [6.45, 7) is 2.00. The molecule has 5 nitrogen and oxygen atoms in total. The van der Waals surface area contributed by atoms with Gasteiger partial charge in [-0.25, -0.2) is 4.39 Å². The summed E-state index contributed by atoms with van der Waals surface area (Å²) in [5.41, 5.74) is 0.776. The van der Waals surface area contributed by atoms with Crippen LogP contribution in [0.2, 0.25) is 0 Å². The van der Waals surface area contributed by atoms with E-state index in [1.165, 1.54) is 12.1 Å². The van der Waals surface area contributed by atoms with Crippen LogP contribution in [0, 0.1) is 5.82 Å².